The van der Waals surface area contributed by atoms with E-state index in [1.54, 1.807) is 12.3 Å². The van der Waals surface area contributed by atoms with E-state index in [1.165, 1.54) is 12.8 Å². The van der Waals surface area contributed by atoms with E-state index in [1.807, 2.05) is 34.9 Å². The first-order valence-corrected chi connectivity index (χ1v) is 14.7. The molecule has 0 spiro atoms. The Bertz CT molecular complexity index is 1260. The third-order valence-electron chi connectivity index (χ3n) is 8.01. The first-order chi connectivity index (χ1) is 18.3. The second kappa shape index (κ2) is 11.9. The normalized spacial score (nSPS) is 22.7. The molecule has 0 saturated heterocycles. The number of hydrogen-bond acceptors (Lipinski definition) is 4. The van der Waals surface area contributed by atoms with Crippen LogP contribution in [0, 0.1) is 5.92 Å². The molecular weight excluding hydrogens is 547 g/mol. The number of rotatable bonds is 8. The first kappa shape index (κ1) is 27.4. The molecule has 2 aliphatic rings. The summed E-state index contributed by atoms with van der Waals surface area (Å²) < 4.78 is 12.7. The van der Waals surface area contributed by atoms with Crippen molar-refractivity contribution in [2.75, 3.05) is 0 Å². The fourth-order valence-electron chi connectivity index (χ4n) is 5.94. The van der Waals surface area contributed by atoms with Crippen molar-refractivity contribution in [3.8, 4) is 5.75 Å². The SMILES string of the molecule is O=C1CC(CCCc2ccc(OC(Cl)Cl)cc2)C(Cl)(C(=O)NC2CCCCCC2)Cn2c1cc1occc12. The molecule has 2 aromatic heterocycles. The predicted octanol–water partition coefficient (Wildman–Crippen LogP) is 7.42. The molecular formula is C29H33Cl3N2O4. The number of carbonyl (C=O) groups is 2. The largest absolute Gasteiger partial charge is 0.463 e. The summed E-state index contributed by atoms with van der Waals surface area (Å²) in [6.45, 7) is 0.228. The van der Waals surface area contributed by atoms with Crippen LogP contribution >= 0.6 is 34.8 Å². The van der Waals surface area contributed by atoms with Crippen LogP contribution < -0.4 is 10.1 Å². The lowest BCUT2D eigenvalue weighted by Crippen LogP contribution is -2.52. The minimum absolute atomic E-state index is 0.00982. The molecule has 3 heterocycles. The summed E-state index contributed by atoms with van der Waals surface area (Å²) in [5.41, 5.74) is 3.10. The number of ether oxygens (including phenoxy) is 1. The molecule has 1 aliphatic heterocycles. The molecule has 2 atom stereocenters. The number of furan rings is 1. The van der Waals surface area contributed by atoms with E-state index in [9.17, 15) is 9.59 Å². The molecule has 2 unspecified atom stereocenters. The fraction of sp³-hybridized carbons (Fsp3) is 0.517. The van der Waals surface area contributed by atoms with Gasteiger partial charge >= 0.3 is 0 Å². The highest BCUT2D eigenvalue weighted by Crippen LogP contribution is 2.40. The van der Waals surface area contributed by atoms with Crippen molar-refractivity contribution in [1.29, 1.82) is 0 Å². The summed E-state index contributed by atoms with van der Waals surface area (Å²) in [5, 5.41) is 2.36. The number of alkyl halides is 3. The second-order valence-electron chi connectivity index (χ2n) is 10.5. The smallest absolute Gasteiger partial charge is 0.247 e. The van der Waals surface area contributed by atoms with Crippen LogP contribution in [0.2, 0.25) is 0 Å². The van der Waals surface area contributed by atoms with Gasteiger partial charge in [-0.15, -0.1) is 11.6 Å². The lowest BCUT2D eigenvalue weighted by Gasteiger charge is -2.34. The number of aromatic nitrogens is 1. The molecule has 1 saturated carbocycles. The molecule has 5 rings (SSSR count). The van der Waals surface area contributed by atoms with Gasteiger partial charge in [0, 0.05) is 24.6 Å². The number of carbonyl (C=O) groups excluding carboxylic acids is 2. The van der Waals surface area contributed by atoms with Crippen molar-refractivity contribution in [2.24, 2.45) is 5.92 Å². The topological polar surface area (TPSA) is 73.5 Å². The Morgan fingerprint density at radius 2 is 1.87 bits per heavy atom. The number of ketones is 1. The molecule has 9 heteroatoms. The first-order valence-electron chi connectivity index (χ1n) is 13.5. The van der Waals surface area contributed by atoms with Crippen molar-refractivity contribution >= 4 is 57.6 Å². The highest BCUT2D eigenvalue weighted by molar-refractivity contribution is 6.43. The van der Waals surface area contributed by atoms with Crippen molar-refractivity contribution in [2.45, 2.75) is 86.7 Å². The molecule has 6 nitrogen and oxygen atoms in total. The van der Waals surface area contributed by atoms with E-state index in [-0.39, 0.29) is 36.6 Å². The number of nitrogens with one attached hydrogen (secondary N) is 1. The minimum atomic E-state index is -1.25. The quantitative estimate of drug-likeness (QED) is 0.223. The van der Waals surface area contributed by atoms with Gasteiger partial charge in [0.05, 0.1) is 24.0 Å². The van der Waals surface area contributed by atoms with Gasteiger partial charge in [-0.05, 0) is 55.7 Å². The fourth-order valence-corrected chi connectivity index (χ4v) is 6.50. The Hall–Kier alpha value is -2.15. The highest BCUT2D eigenvalue weighted by Gasteiger charge is 2.48. The maximum atomic E-state index is 13.9. The zero-order valence-electron chi connectivity index (χ0n) is 21.3. The van der Waals surface area contributed by atoms with E-state index in [0.717, 1.165) is 49.6 Å². The van der Waals surface area contributed by atoms with Gasteiger partial charge in [0.1, 0.15) is 10.6 Å². The summed E-state index contributed by atoms with van der Waals surface area (Å²) in [7, 11) is 0. The van der Waals surface area contributed by atoms with Crippen LogP contribution in [0.25, 0.3) is 11.1 Å². The van der Waals surface area contributed by atoms with Crippen LogP contribution in [0.4, 0.5) is 0 Å². The molecule has 0 bridgehead atoms. The zero-order valence-corrected chi connectivity index (χ0v) is 23.5. The molecule has 1 aromatic carbocycles. The number of aryl methyl sites for hydroxylation is 1. The van der Waals surface area contributed by atoms with Crippen LogP contribution in [0.15, 0.2) is 47.1 Å². The predicted molar refractivity (Wildman–Crippen MR) is 150 cm³/mol. The molecule has 204 valence electrons. The molecule has 0 radical (unpaired) electrons. The number of benzene rings is 1. The molecule has 38 heavy (non-hydrogen) atoms. The second-order valence-corrected chi connectivity index (χ2v) is 12.2. The lowest BCUT2D eigenvalue weighted by molar-refractivity contribution is -0.126. The van der Waals surface area contributed by atoms with Crippen LogP contribution in [-0.2, 0) is 17.8 Å². The summed E-state index contributed by atoms with van der Waals surface area (Å²) in [5.74, 6) is 0.116. The molecule has 1 N–H and O–H groups in total. The van der Waals surface area contributed by atoms with Gasteiger partial charge in [0.2, 0.25) is 10.9 Å². The van der Waals surface area contributed by atoms with Gasteiger partial charge in [-0.1, -0.05) is 61.0 Å². The molecule has 1 aliphatic carbocycles. The van der Waals surface area contributed by atoms with E-state index < -0.39 is 9.90 Å². The van der Waals surface area contributed by atoms with Crippen LogP contribution in [0.5, 0.6) is 5.75 Å². The van der Waals surface area contributed by atoms with Gasteiger partial charge in [-0.3, -0.25) is 9.59 Å². The van der Waals surface area contributed by atoms with Gasteiger partial charge in [0.25, 0.3) is 0 Å². The van der Waals surface area contributed by atoms with Crippen LogP contribution in [0.3, 0.4) is 0 Å². The molecule has 3 aromatic rings. The maximum Gasteiger partial charge on any atom is 0.247 e. The Balaban J connectivity index is 1.35. The Kier molecular flexibility index (Phi) is 8.61. The average Bonchev–Trinajstić information content (AvgIpc) is 3.35. The van der Waals surface area contributed by atoms with E-state index in [0.29, 0.717) is 23.4 Å². The van der Waals surface area contributed by atoms with Crippen molar-refractivity contribution in [1.82, 2.24) is 9.88 Å². The van der Waals surface area contributed by atoms with Crippen LogP contribution in [0.1, 0.15) is 73.8 Å². The van der Waals surface area contributed by atoms with Gasteiger partial charge in [-0.25, -0.2) is 0 Å². The number of fused-ring (bicyclic) bond motifs is 3. The number of hydrogen-bond donors (Lipinski definition) is 1. The van der Waals surface area contributed by atoms with Crippen LogP contribution in [-0.4, -0.2) is 32.2 Å². The Labute approximate surface area is 237 Å². The third-order valence-corrected chi connectivity index (χ3v) is 8.79. The average molecular weight is 580 g/mol. The van der Waals surface area contributed by atoms with Crippen molar-refractivity contribution < 1.29 is 18.7 Å². The third kappa shape index (κ3) is 6.03. The number of amides is 1. The summed E-state index contributed by atoms with van der Waals surface area (Å²) in [4.78, 5) is 26.1. The zero-order chi connectivity index (χ0) is 26.7. The molecule has 1 fully saturated rings. The number of nitrogens with zero attached hydrogens (tertiary/aromatic N) is 1. The van der Waals surface area contributed by atoms with Gasteiger partial charge in [0.15, 0.2) is 11.4 Å². The molecule has 1 amide bonds. The summed E-state index contributed by atoms with van der Waals surface area (Å²) in [6.07, 6.45) is 10.6. The van der Waals surface area contributed by atoms with E-state index in [2.05, 4.69) is 5.32 Å². The van der Waals surface area contributed by atoms with Crippen molar-refractivity contribution in [3.63, 3.8) is 0 Å². The summed E-state index contributed by atoms with van der Waals surface area (Å²) in [6, 6.07) is 11.3. The highest BCUT2D eigenvalue weighted by atomic mass is 35.5. The van der Waals surface area contributed by atoms with E-state index in [4.69, 9.17) is 44.0 Å². The van der Waals surface area contributed by atoms with E-state index >= 15 is 0 Å². The van der Waals surface area contributed by atoms with Crippen molar-refractivity contribution in [3.05, 3.63) is 53.9 Å². The number of Topliss-reactive ketones (excluding diaryl/α,β-unsaturated/α-hetero) is 1. The van der Waals surface area contributed by atoms with Gasteiger partial charge < -0.3 is 19.0 Å². The monoisotopic (exact) mass is 578 g/mol. The standard InChI is InChI=1S/C29H33Cl3N2O4/c30-28(31)38-22-12-10-19(11-13-22)6-5-7-20-16-25(35)24-17-26-23(14-15-37-26)34(24)18-29(20,32)27(36)33-21-8-3-1-2-4-9-21/h10-15,17,20-21,28H,1-9,16,18H2,(H,33,36). The summed E-state index contributed by atoms with van der Waals surface area (Å²) >= 11 is 18.7. The maximum absolute atomic E-state index is 13.9. The number of halogens is 3. The lowest BCUT2D eigenvalue weighted by atomic mass is 9.82. The Morgan fingerprint density at radius 3 is 2.58 bits per heavy atom. The minimum Gasteiger partial charge on any atom is -0.463 e. The van der Waals surface area contributed by atoms with Gasteiger partial charge in [-0.2, -0.15) is 0 Å². The Morgan fingerprint density at radius 1 is 1.13 bits per heavy atom.